The number of nitrogen functional groups attached to an aromatic ring is 1. The van der Waals surface area contributed by atoms with E-state index in [0.717, 1.165) is 31.2 Å². The quantitative estimate of drug-likeness (QED) is 0.864. The first-order chi connectivity index (χ1) is 11.3. The average molecular weight is 331 g/mol. The highest BCUT2D eigenvalue weighted by Gasteiger charge is 2.27. The summed E-state index contributed by atoms with van der Waals surface area (Å²) >= 11 is 0. The highest BCUT2D eigenvalue weighted by molar-refractivity contribution is 5.68. The first-order valence-electron chi connectivity index (χ1n) is 8.90. The Labute approximate surface area is 144 Å². The molecule has 5 nitrogen and oxygen atoms in total. The van der Waals surface area contributed by atoms with Gasteiger partial charge in [0.05, 0.1) is 0 Å². The van der Waals surface area contributed by atoms with E-state index >= 15 is 0 Å². The Hall–Kier alpha value is -1.75. The summed E-state index contributed by atoms with van der Waals surface area (Å²) < 4.78 is 5.45. The summed E-state index contributed by atoms with van der Waals surface area (Å²) in [6.07, 6.45) is 2.40. The second-order valence-electron chi connectivity index (χ2n) is 7.98. The Morgan fingerprint density at radius 3 is 2.46 bits per heavy atom. The molecule has 1 aliphatic carbocycles. The molecule has 1 heterocycles. The molecule has 0 bridgehead atoms. The van der Waals surface area contributed by atoms with Crippen molar-refractivity contribution in [2.24, 2.45) is 0 Å². The van der Waals surface area contributed by atoms with Gasteiger partial charge in [0.25, 0.3) is 0 Å². The normalized spacial score (nSPS) is 19.4. The van der Waals surface area contributed by atoms with E-state index < -0.39 is 5.60 Å². The third kappa shape index (κ3) is 4.41. The fraction of sp³-hybridized carbons (Fsp3) is 0.632. The lowest BCUT2D eigenvalue weighted by molar-refractivity contribution is 0.0139. The second-order valence-corrected chi connectivity index (χ2v) is 7.98. The molecule has 2 N–H and O–H groups in total. The van der Waals surface area contributed by atoms with Crippen LogP contribution in [0.4, 0.5) is 10.5 Å². The average Bonchev–Trinajstić information content (AvgIpc) is 3.33. The smallest absolute Gasteiger partial charge is 0.410 e. The van der Waals surface area contributed by atoms with Crippen LogP contribution >= 0.6 is 0 Å². The molecule has 0 unspecified atom stereocenters. The number of piperazine rings is 1. The summed E-state index contributed by atoms with van der Waals surface area (Å²) in [7, 11) is 0. The number of amides is 1. The second kappa shape index (κ2) is 6.63. The van der Waals surface area contributed by atoms with Gasteiger partial charge in [-0.3, -0.25) is 4.90 Å². The third-order valence-electron chi connectivity index (χ3n) is 4.63. The summed E-state index contributed by atoms with van der Waals surface area (Å²) in [6, 6.07) is 6.48. The monoisotopic (exact) mass is 331 g/mol. The van der Waals surface area contributed by atoms with Crippen molar-refractivity contribution in [2.45, 2.75) is 51.7 Å². The van der Waals surface area contributed by atoms with Crippen LogP contribution in [0.5, 0.6) is 0 Å². The number of anilines is 1. The number of hydrogen-bond donors (Lipinski definition) is 1. The zero-order valence-electron chi connectivity index (χ0n) is 15.0. The lowest BCUT2D eigenvalue weighted by atomic mass is 10.0. The summed E-state index contributed by atoms with van der Waals surface area (Å²) in [6.45, 7) is 9.67. The number of carbonyl (C=O) groups excluding carboxylic acids is 1. The minimum absolute atomic E-state index is 0.211. The van der Waals surface area contributed by atoms with Crippen molar-refractivity contribution in [3.8, 4) is 0 Å². The van der Waals surface area contributed by atoms with Gasteiger partial charge in [-0.2, -0.15) is 0 Å². The molecule has 0 radical (unpaired) electrons. The maximum Gasteiger partial charge on any atom is 0.410 e. The van der Waals surface area contributed by atoms with Crippen LogP contribution in [0.15, 0.2) is 18.2 Å². The van der Waals surface area contributed by atoms with E-state index in [0.29, 0.717) is 13.1 Å². The lowest BCUT2D eigenvalue weighted by Crippen LogP contribution is -2.49. The van der Waals surface area contributed by atoms with Crippen molar-refractivity contribution < 1.29 is 9.53 Å². The first-order valence-corrected chi connectivity index (χ1v) is 8.90. The predicted molar refractivity (Wildman–Crippen MR) is 95.9 cm³/mol. The van der Waals surface area contributed by atoms with Gasteiger partial charge >= 0.3 is 6.09 Å². The zero-order valence-corrected chi connectivity index (χ0v) is 15.0. The van der Waals surface area contributed by atoms with Crippen molar-refractivity contribution in [2.75, 3.05) is 31.9 Å². The van der Waals surface area contributed by atoms with Crippen LogP contribution in [0.2, 0.25) is 0 Å². The van der Waals surface area contributed by atoms with Crippen LogP contribution in [0.3, 0.4) is 0 Å². The van der Waals surface area contributed by atoms with Crippen LogP contribution in [0.25, 0.3) is 0 Å². The van der Waals surface area contributed by atoms with Crippen LogP contribution in [0, 0.1) is 0 Å². The Bertz CT molecular complexity index is 597. The predicted octanol–water partition coefficient (Wildman–Crippen LogP) is 3.20. The molecule has 0 atom stereocenters. The summed E-state index contributed by atoms with van der Waals surface area (Å²) in [5, 5.41) is 0. The number of nitrogens with two attached hydrogens (primary N) is 1. The molecule has 1 saturated carbocycles. The van der Waals surface area contributed by atoms with Gasteiger partial charge in [0.2, 0.25) is 0 Å². The standard InChI is InChI=1S/C19H29N3O2/c1-19(2,3)24-18(23)22-10-8-21(9-11-22)13-16-12-15(14-4-5-14)6-7-17(16)20/h6-7,12,14H,4-5,8-11,13,20H2,1-3H3. The molecule has 3 rings (SSSR count). The van der Waals surface area contributed by atoms with Crippen LogP contribution in [-0.4, -0.2) is 47.7 Å². The van der Waals surface area contributed by atoms with Gasteiger partial charge in [-0.1, -0.05) is 12.1 Å². The van der Waals surface area contributed by atoms with Gasteiger partial charge in [0.1, 0.15) is 5.60 Å². The topological polar surface area (TPSA) is 58.8 Å². The van der Waals surface area contributed by atoms with E-state index in [-0.39, 0.29) is 6.09 Å². The molecule has 1 aliphatic heterocycles. The van der Waals surface area contributed by atoms with E-state index in [4.69, 9.17) is 10.5 Å². The molecule has 1 aromatic rings. The van der Waals surface area contributed by atoms with Gasteiger partial charge in [0, 0.05) is 38.4 Å². The number of rotatable bonds is 3. The maximum atomic E-state index is 12.1. The molecule has 0 aromatic heterocycles. The van der Waals surface area contributed by atoms with Gasteiger partial charge in [-0.15, -0.1) is 0 Å². The van der Waals surface area contributed by atoms with Gasteiger partial charge < -0.3 is 15.4 Å². The first kappa shape index (κ1) is 17.1. The zero-order chi connectivity index (χ0) is 17.3. The maximum absolute atomic E-state index is 12.1. The van der Waals surface area contributed by atoms with E-state index in [1.807, 2.05) is 26.8 Å². The van der Waals surface area contributed by atoms with Crippen LogP contribution < -0.4 is 5.73 Å². The third-order valence-corrected chi connectivity index (χ3v) is 4.63. The van der Waals surface area contributed by atoms with Crippen molar-refractivity contribution >= 4 is 11.8 Å². The highest BCUT2D eigenvalue weighted by atomic mass is 16.6. The summed E-state index contributed by atoms with van der Waals surface area (Å²) in [5.41, 5.74) is 9.23. The Morgan fingerprint density at radius 2 is 1.88 bits per heavy atom. The molecule has 2 fully saturated rings. The molecule has 5 heteroatoms. The Kier molecular flexibility index (Phi) is 4.72. The lowest BCUT2D eigenvalue weighted by Gasteiger charge is -2.35. The van der Waals surface area contributed by atoms with E-state index in [1.54, 1.807) is 4.90 Å². The molecule has 1 aromatic carbocycles. The molecule has 2 aliphatic rings. The van der Waals surface area contributed by atoms with E-state index in [2.05, 4.69) is 17.0 Å². The summed E-state index contributed by atoms with van der Waals surface area (Å²) in [4.78, 5) is 16.3. The van der Waals surface area contributed by atoms with E-state index in [9.17, 15) is 4.79 Å². The van der Waals surface area contributed by atoms with Crippen molar-refractivity contribution in [1.82, 2.24) is 9.80 Å². The number of nitrogens with zero attached hydrogens (tertiary/aromatic N) is 2. The molecular formula is C19H29N3O2. The van der Waals surface area contributed by atoms with Gasteiger partial charge in [-0.25, -0.2) is 4.79 Å². The Morgan fingerprint density at radius 1 is 1.21 bits per heavy atom. The number of ether oxygens (including phenoxy) is 1. The molecular weight excluding hydrogens is 302 g/mol. The molecule has 0 spiro atoms. The Balaban J connectivity index is 1.54. The van der Waals surface area contributed by atoms with Gasteiger partial charge in [0.15, 0.2) is 0 Å². The number of benzene rings is 1. The fourth-order valence-corrected chi connectivity index (χ4v) is 3.09. The highest BCUT2D eigenvalue weighted by Crippen LogP contribution is 2.40. The largest absolute Gasteiger partial charge is 0.444 e. The molecule has 1 saturated heterocycles. The van der Waals surface area contributed by atoms with Crippen LogP contribution in [0.1, 0.15) is 50.7 Å². The van der Waals surface area contributed by atoms with Crippen LogP contribution in [-0.2, 0) is 11.3 Å². The minimum Gasteiger partial charge on any atom is -0.444 e. The molecule has 1 amide bonds. The van der Waals surface area contributed by atoms with Crippen molar-refractivity contribution in [3.63, 3.8) is 0 Å². The summed E-state index contributed by atoms with van der Waals surface area (Å²) in [5.74, 6) is 0.744. The molecule has 132 valence electrons. The minimum atomic E-state index is -0.439. The molecule has 24 heavy (non-hydrogen) atoms. The van der Waals surface area contributed by atoms with Gasteiger partial charge in [-0.05, 0) is 56.7 Å². The van der Waals surface area contributed by atoms with E-state index in [1.165, 1.54) is 24.0 Å². The fourth-order valence-electron chi connectivity index (χ4n) is 3.09. The van der Waals surface area contributed by atoms with Crippen molar-refractivity contribution in [3.05, 3.63) is 29.3 Å². The number of carbonyl (C=O) groups is 1. The number of hydrogen-bond acceptors (Lipinski definition) is 4. The SMILES string of the molecule is CC(C)(C)OC(=O)N1CCN(Cc2cc(C3CC3)ccc2N)CC1. The van der Waals surface area contributed by atoms with Crippen molar-refractivity contribution in [1.29, 1.82) is 0 Å².